The molecule has 12 rings (SSSR count). The number of carbonyl (C=O) groups excluding carboxylic acids is 4. The van der Waals surface area contributed by atoms with Gasteiger partial charge in [0.2, 0.25) is 29.5 Å². The minimum absolute atomic E-state index is 0.0168. The Kier molecular flexibility index (Phi) is 8.36. The topological polar surface area (TPSA) is 139 Å². The van der Waals surface area contributed by atoms with E-state index in [0.29, 0.717) is 50.2 Å². The summed E-state index contributed by atoms with van der Waals surface area (Å²) in [5.41, 5.74) is 4.03. The number of phenolic OH excluding ortho intramolecular Hbond substituents is 1. The number of aromatic nitrogens is 3. The summed E-state index contributed by atoms with van der Waals surface area (Å²) in [6, 6.07) is 33.3. The van der Waals surface area contributed by atoms with E-state index in [1.165, 1.54) is 9.80 Å². The highest BCUT2D eigenvalue weighted by Gasteiger charge is 2.68. The van der Waals surface area contributed by atoms with Gasteiger partial charge in [-0.3, -0.25) is 28.8 Å². The van der Waals surface area contributed by atoms with Crippen LogP contribution in [-0.4, -0.2) is 43.5 Å². The number of nitrogens with zero attached hydrogens (tertiary/aromatic N) is 5. The molecule has 316 valence electrons. The second-order valence-corrected chi connectivity index (χ2v) is 19.1. The Hall–Kier alpha value is -6.89. The molecule has 1 saturated carbocycles. The van der Waals surface area contributed by atoms with Crippen molar-refractivity contribution in [3.8, 4) is 27.8 Å². The Morgan fingerprint density at radius 1 is 0.844 bits per heavy atom. The zero-order chi connectivity index (χ0) is 43.9. The molecule has 4 aliphatic rings. The summed E-state index contributed by atoms with van der Waals surface area (Å²) in [6.07, 6.45) is 2.43. The molecule has 2 aliphatic carbocycles. The van der Waals surface area contributed by atoms with Gasteiger partial charge < -0.3 is 9.52 Å². The van der Waals surface area contributed by atoms with Crippen LogP contribution in [0.5, 0.6) is 5.75 Å². The number of oxazole rings is 1. The van der Waals surface area contributed by atoms with E-state index in [0.717, 1.165) is 37.0 Å². The molecular formula is C51H38ClN5O6S. The monoisotopic (exact) mass is 883 g/mol. The fourth-order valence-corrected chi connectivity index (χ4v) is 12.6. The molecule has 64 heavy (non-hydrogen) atoms. The molecule has 0 radical (unpaired) electrons. The Labute approximate surface area is 375 Å². The number of carbonyl (C=O) groups is 4. The molecule has 4 amide bonds. The van der Waals surface area contributed by atoms with Gasteiger partial charge in [-0.05, 0) is 104 Å². The summed E-state index contributed by atoms with van der Waals surface area (Å²) in [5, 5.41) is 20.1. The number of phenols is 1. The minimum atomic E-state index is -1.37. The molecule has 6 atom stereocenters. The molecule has 1 N–H and O–H groups in total. The van der Waals surface area contributed by atoms with Crippen molar-refractivity contribution in [3.05, 3.63) is 137 Å². The smallest absolute Gasteiger partial charge is 0.242 e. The van der Waals surface area contributed by atoms with Crippen molar-refractivity contribution in [2.75, 3.05) is 9.80 Å². The van der Waals surface area contributed by atoms with Crippen LogP contribution < -0.4 is 9.80 Å². The van der Waals surface area contributed by atoms with Gasteiger partial charge in [0, 0.05) is 45.3 Å². The van der Waals surface area contributed by atoms with Crippen molar-refractivity contribution in [1.29, 1.82) is 0 Å². The lowest BCUT2D eigenvalue weighted by atomic mass is 9.51. The Morgan fingerprint density at radius 2 is 1.62 bits per heavy atom. The largest absolute Gasteiger partial charge is 0.507 e. The van der Waals surface area contributed by atoms with Crippen molar-refractivity contribution in [2.24, 2.45) is 36.1 Å². The molecule has 0 spiro atoms. The first kappa shape index (κ1) is 38.8. The third-order valence-corrected chi connectivity index (χ3v) is 15.9. The number of amides is 4. The molecule has 8 aromatic rings. The second-order valence-electron chi connectivity index (χ2n) is 17.6. The van der Waals surface area contributed by atoms with E-state index >= 15 is 9.59 Å². The Balaban J connectivity index is 0.943. The molecule has 5 heterocycles. The minimum Gasteiger partial charge on any atom is -0.507 e. The van der Waals surface area contributed by atoms with Crippen LogP contribution in [0, 0.1) is 36.0 Å². The third-order valence-electron chi connectivity index (χ3n) is 14.4. The average molecular weight is 884 g/mol. The Bertz CT molecular complexity index is 3370. The molecule has 6 unspecified atom stereocenters. The van der Waals surface area contributed by atoms with Gasteiger partial charge in [0.1, 0.15) is 22.8 Å². The molecule has 3 aromatic heterocycles. The number of halogens is 1. The molecule has 0 bridgehead atoms. The van der Waals surface area contributed by atoms with E-state index in [1.54, 1.807) is 53.4 Å². The van der Waals surface area contributed by atoms with Gasteiger partial charge in [-0.2, -0.15) is 5.10 Å². The van der Waals surface area contributed by atoms with E-state index in [4.69, 9.17) is 21.1 Å². The van der Waals surface area contributed by atoms with Crippen LogP contribution in [0.25, 0.3) is 54.0 Å². The number of fused-ring (bicyclic) bond motifs is 7. The van der Waals surface area contributed by atoms with Gasteiger partial charge in [0.05, 0.1) is 33.7 Å². The van der Waals surface area contributed by atoms with Crippen LogP contribution in [0.15, 0.2) is 125 Å². The van der Waals surface area contributed by atoms with Crippen molar-refractivity contribution in [2.45, 2.75) is 32.6 Å². The van der Waals surface area contributed by atoms with Gasteiger partial charge in [0.25, 0.3) is 0 Å². The predicted molar refractivity (Wildman–Crippen MR) is 246 cm³/mol. The quantitative estimate of drug-likeness (QED) is 0.133. The highest BCUT2D eigenvalue weighted by molar-refractivity contribution is 7.22. The van der Waals surface area contributed by atoms with E-state index in [1.807, 2.05) is 98.8 Å². The van der Waals surface area contributed by atoms with Gasteiger partial charge in [0.15, 0.2) is 5.58 Å². The van der Waals surface area contributed by atoms with Gasteiger partial charge in [-0.1, -0.05) is 71.8 Å². The molecule has 2 aliphatic heterocycles. The van der Waals surface area contributed by atoms with E-state index in [-0.39, 0.29) is 30.4 Å². The van der Waals surface area contributed by atoms with Gasteiger partial charge in [-0.25, -0.2) is 9.88 Å². The van der Waals surface area contributed by atoms with Gasteiger partial charge in [-0.15, -0.1) is 11.3 Å². The number of rotatable bonds is 5. The van der Waals surface area contributed by atoms with Crippen LogP contribution in [0.3, 0.4) is 0 Å². The summed E-state index contributed by atoms with van der Waals surface area (Å²) in [6.45, 7) is 3.83. The van der Waals surface area contributed by atoms with E-state index in [2.05, 4.69) is 4.98 Å². The van der Waals surface area contributed by atoms with Crippen molar-refractivity contribution < 1.29 is 28.7 Å². The maximum Gasteiger partial charge on any atom is 0.242 e. The highest BCUT2D eigenvalue weighted by Crippen LogP contribution is 2.65. The number of benzene rings is 5. The maximum absolute atomic E-state index is 15.4. The van der Waals surface area contributed by atoms with Crippen LogP contribution in [0.2, 0.25) is 5.02 Å². The van der Waals surface area contributed by atoms with Crippen LogP contribution in [-0.2, 0) is 26.2 Å². The fourth-order valence-electron chi connectivity index (χ4n) is 11.3. The fraction of sp³-hybridized carbons (Fsp3) is 0.216. The lowest BCUT2D eigenvalue weighted by molar-refractivity contribution is -0.131. The number of hydrogen-bond acceptors (Lipinski definition) is 9. The standard InChI is InChI=1S/C51H38ClN5O6S/c1-25-34-22-28(52)15-21-40(34)64-45(25)38-24-41(55(3)54-38)57-48(60)36-23-35-31(43(51(36,2)50(57)62)33-18-14-26-8-4-5-9-30(26)44(33)58)19-20-32-42(35)49(61)56(47(32)59)29-16-12-27(13-17-29)46-53-37-10-6-7-11-39(37)63-46/h4-19,21-22,24,32,35-36,42-43,58H,20,23H2,1-3H3. The summed E-state index contributed by atoms with van der Waals surface area (Å²) in [5.74, 6) is -4.43. The van der Waals surface area contributed by atoms with Gasteiger partial charge >= 0.3 is 0 Å². The number of anilines is 2. The maximum atomic E-state index is 15.4. The number of para-hydroxylation sites is 2. The number of aromatic hydroxyl groups is 1. The van der Waals surface area contributed by atoms with Crippen LogP contribution in [0.4, 0.5) is 11.5 Å². The first-order valence-corrected chi connectivity index (χ1v) is 22.5. The molecule has 5 aromatic carbocycles. The second kappa shape index (κ2) is 13.8. The lowest BCUT2D eigenvalue weighted by Crippen LogP contribution is -2.49. The number of thiophene rings is 1. The predicted octanol–water partition coefficient (Wildman–Crippen LogP) is 10.4. The zero-order valence-corrected chi connectivity index (χ0v) is 36.4. The summed E-state index contributed by atoms with van der Waals surface area (Å²) >= 11 is 7.93. The number of aryl methyl sites for hydroxylation is 2. The number of imide groups is 2. The average Bonchev–Trinajstić information content (AvgIpc) is 4.08. The molecule has 2 saturated heterocycles. The van der Waals surface area contributed by atoms with Crippen molar-refractivity contribution in [3.63, 3.8) is 0 Å². The SMILES string of the molecule is Cc1c(-c2cc(N3C(=O)C4CC5C(=CCC6C(=O)N(c7ccc(-c8nc9ccccc9o8)cc7)C(=O)C65)C(c5ccc6ccccc6c5O)C4(C)C3=O)n(C)n2)sc2ccc(Cl)cc12. The first-order valence-electron chi connectivity index (χ1n) is 21.3. The van der Waals surface area contributed by atoms with Crippen molar-refractivity contribution >= 4 is 90.0 Å². The van der Waals surface area contributed by atoms with Crippen LogP contribution in [0.1, 0.15) is 36.8 Å². The molecule has 3 fully saturated rings. The summed E-state index contributed by atoms with van der Waals surface area (Å²) < 4.78 is 8.58. The Morgan fingerprint density at radius 3 is 2.44 bits per heavy atom. The number of allylic oxidation sites excluding steroid dienone is 2. The first-order chi connectivity index (χ1) is 30.9. The van der Waals surface area contributed by atoms with Crippen LogP contribution >= 0.6 is 22.9 Å². The highest BCUT2D eigenvalue weighted by atomic mass is 35.5. The molecule has 13 heteroatoms. The molecule has 11 nitrogen and oxygen atoms in total. The van der Waals surface area contributed by atoms with E-state index < -0.39 is 46.8 Å². The zero-order valence-electron chi connectivity index (χ0n) is 34.8. The molecular weight excluding hydrogens is 846 g/mol. The number of hydrogen-bond donors (Lipinski definition) is 1. The normalized spacial score (nSPS) is 24.2. The third kappa shape index (κ3) is 5.32. The van der Waals surface area contributed by atoms with E-state index in [9.17, 15) is 14.7 Å². The summed E-state index contributed by atoms with van der Waals surface area (Å²) in [7, 11) is 1.72. The summed E-state index contributed by atoms with van der Waals surface area (Å²) in [4.78, 5) is 67.9. The lowest BCUT2D eigenvalue weighted by Gasteiger charge is -2.49. The van der Waals surface area contributed by atoms with Crippen molar-refractivity contribution in [1.82, 2.24) is 14.8 Å².